The van der Waals surface area contributed by atoms with Crippen LogP contribution in [-0.2, 0) is 0 Å². The van der Waals surface area contributed by atoms with Crippen LogP contribution in [0, 0.1) is 11.4 Å². The highest BCUT2D eigenvalue weighted by atomic mass is 31.1. The number of nitrogens with zero attached hydrogens (tertiary/aromatic N) is 1. The number of aromatic nitrogens is 1. The number of pyridine rings is 1. The van der Waals surface area contributed by atoms with Crippen molar-refractivity contribution in [2.24, 2.45) is 0 Å². The maximum Gasteiger partial charge on any atom is 0.213 e. The molecule has 3 aromatic carbocycles. The topological polar surface area (TPSA) is 46.0 Å². The largest absolute Gasteiger partial charge is 0.491 e. The van der Waals surface area contributed by atoms with Crippen LogP contribution in [0.4, 0.5) is 4.39 Å². The van der Waals surface area contributed by atoms with Crippen LogP contribution in [0.5, 0.6) is 5.75 Å². The van der Waals surface area contributed by atoms with Crippen molar-refractivity contribution in [2.75, 3.05) is 0 Å². The molecule has 0 saturated carbocycles. The van der Waals surface area contributed by atoms with Gasteiger partial charge in [-0.05, 0) is 61.9 Å². The minimum Gasteiger partial charge on any atom is -0.491 e. The molecule has 0 saturated heterocycles. The normalized spacial score (nSPS) is 11.0. The Balaban J connectivity index is 1.92. The van der Waals surface area contributed by atoms with Crippen molar-refractivity contribution < 1.29 is 9.13 Å². The van der Waals surface area contributed by atoms with Gasteiger partial charge in [-0.1, -0.05) is 60.7 Å². The van der Waals surface area contributed by atoms with Gasteiger partial charge >= 0.3 is 0 Å². The third-order valence-corrected chi connectivity index (χ3v) is 7.39. The number of ether oxygens (including phenoxy) is 1. The second kappa shape index (κ2) is 9.84. The van der Waals surface area contributed by atoms with Gasteiger partial charge in [-0.25, -0.2) is 4.98 Å². The van der Waals surface area contributed by atoms with Gasteiger partial charge in [-0.2, -0.15) is 4.39 Å². The summed E-state index contributed by atoms with van der Waals surface area (Å²) < 4.78 is 19.8. The molecule has 0 unspecified atom stereocenters. The van der Waals surface area contributed by atoms with Gasteiger partial charge in [0, 0.05) is 23.4 Å². The molecule has 3 nitrogen and oxygen atoms in total. The van der Waals surface area contributed by atoms with Gasteiger partial charge in [0.05, 0.1) is 11.8 Å². The fraction of sp³-hybridized carbons (Fsp3) is 0.111. The summed E-state index contributed by atoms with van der Waals surface area (Å²) in [4.78, 5) is 3.64. The Morgan fingerprint density at radius 3 is 2.06 bits per heavy atom. The van der Waals surface area contributed by atoms with Crippen LogP contribution in [0.1, 0.15) is 25.0 Å². The van der Waals surface area contributed by atoms with E-state index in [0.717, 1.165) is 10.9 Å². The van der Waals surface area contributed by atoms with Crippen LogP contribution < -0.4 is 20.7 Å². The van der Waals surface area contributed by atoms with E-state index in [1.807, 2.05) is 68.4 Å². The predicted molar refractivity (Wildman–Crippen MR) is 131 cm³/mol. The number of nitrogens with one attached hydrogen (secondary N) is 1. The molecular formula is C27H24FN2OP. The first-order valence-corrected chi connectivity index (χ1v) is 11.8. The summed E-state index contributed by atoms with van der Waals surface area (Å²) in [5.41, 5.74) is 1.46. The average molecular weight is 442 g/mol. The zero-order chi connectivity index (χ0) is 22.5. The molecule has 0 atom stereocenters. The highest BCUT2D eigenvalue weighted by Crippen LogP contribution is 2.36. The maximum atomic E-state index is 13.9. The number of benzene rings is 3. The molecule has 0 fully saturated rings. The molecule has 0 aliphatic heterocycles. The molecule has 0 amide bonds. The first-order valence-electron chi connectivity index (χ1n) is 10.4. The van der Waals surface area contributed by atoms with E-state index in [1.165, 1.54) is 22.9 Å². The Morgan fingerprint density at radius 2 is 1.50 bits per heavy atom. The third-order valence-electron chi connectivity index (χ3n) is 4.89. The van der Waals surface area contributed by atoms with Gasteiger partial charge in [0.1, 0.15) is 5.75 Å². The number of rotatable bonds is 7. The monoisotopic (exact) mass is 442 g/mol. The van der Waals surface area contributed by atoms with Crippen LogP contribution in [-0.4, -0.2) is 16.8 Å². The van der Waals surface area contributed by atoms with Gasteiger partial charge in [0.15, 0.2) is 0 Å². The Labute approximate surface area is 189 Å². The molecular weight excluding hydrogens is 418 g/mol. The molecule has 0 bridgehead atoms. The standard InChI is InChI=1S/C27H24FN2OP/c1-19(2)31-21-13-14-25(24(18-21)27(29)20-15-16-30-26(28)17-20)32(22-9-5-3-6-10-22)23-11-7-4-8-12-23/h3-19,29H,1-2H3. The van der Waals surface area contributed by atoms with Gasteiger partial charge in [-0.15, -0.1) is 0 Å². The quantitative estimate of drug-likeness (QED) is 0.244. The van der Waals surface area contributed by atoms with Crippen molar-refractivity contribution in [1.82, 2.24) is 4.98 Å². The predicted octanol–water partition coefficient (Wildman–Crippen LogP) is 5.18. The summed E-state index contributed by atoms with van der Waals surface area (Å²) in [6.45, 7) is 3.94. The molecule has 1 aromatic heterocycles. The van der Waals surface area contributed by atoms with E-state index in [1.54, 1.807) is 6.07 Å². The summed E-state index contributed by atoms with van der Waals surface area (Å²) in [6, 6.07) is 29.5. The van der Waals surface area contributed by atoms with Crippen LogP contribution in [0.2, 0.25) is 0 Å². The highest BCUT2D eigenvalue weighted by molar-refractivity contribution is 7.80. The van der Waals surface area contributed by atoms with Crippen LogP contribution in [0.15, 0.2) is 97.2 Å². The van der Waals surface area contributed by atoms with Crippen LogP contribution in [0.25, 0.3) is 0 Å². The van der Waals surface area contributed by atoms with Gasteiger partial charge in [0.25, 0.3) is 0 Å². The van der Waals surface area contributed by atoms with E-state index in [-0.39, 0.29) is 11.8 Å². The first kappa shape index (κ1) is 21.9. The van der Waals surface area contributed by atoms with E-state index in [0.29, 0.717) is 11.3 Å². The fourth-order valence-corrected chi connectivity index (χ4v) is 5.99. The first-order chi connectivity index (χ1) is 15.5. The molecule has 1 N–H and O–H groups in total. The molecule has 1 heterocycles. The van der Waals surface area contributed by atoms with Gasteiger partial charge < -0.3 is 4.74 Å². The fourth-order valence-electron chi connectivity index (χ4n) is 3.55. The van der Waals surface area contributed by atoms with Crippen LogP contribution >= 0.6 is 7.92 Å². The van der Waals surface area contributed by atoms with Crippen molar-refractivity contribution in [1.29, 1.82) is 5.41 Å². The molecule has 0 radical (unpaired) electrons. The van der Waals surface area contributed by atoms with Crippen molar-refractivity contribution in [3.8, 4) is 5.75 Å². The summed E-state index contributed by atoms with van der Waals surface area (Å²) in [6.07, 6.45) is 1.40. The maximum absolute atomic E-state index is 13.9. The Morgan fingerprint density at radius 1 is 0.875 bits per heavy atom. The summed E-state index contributed by atoms with van der Waals surface area (Å²) in [5.74, 6) is 0.0888. The summed E-state index contributed by atoms with van der Waals surface area (Å²) >= 11 is 0. The Bertz CT molecular complexity index is 1170. The van der Waals surface area contributed by atoms with Gasteiger partial charge in [0.2, 0.25) is 5.95 Å². The lowest BCUT2D eigenvalue weighted by Crippen LogP contribution is -2.26. The Hall–Kier alpha value is -3.36. The minimum absolute atomic E-state index is 0.00557. The van der Waals surface area contributed by atoms with E-state index in [2.05, 4.69) is 29.2 Å². The lowest BCUT2D eigenvalue weighted by Gasteiger charge is -2.23. The Kier molecular flexibility index (Phi) is 6.72. The lowest BCUT2D eigenvalue weighted by atomic mass is 10.0. The minimum atomic E-state index is -0.936. The number of halogens is 1. The lowest BCUT2D eigenvalue weighted by molar-refractivity contribution is 0.242. The van der Waals surface area contributed by atoms with Gasteiger partial charge in [-0.3, -0.25) is 5.41 Å². The van der Waals surface area contributed by atoms with Crippen molar-refractivity contribution in [2.45, 2.75) is 20.0 Å². The van der Waals surface area contributed by atoms with Crippen LogP contribution in [0.3, 0.4) is 0 Å². The molecule has 5 heteroatoms. The van der Waals surface area contributed by atoms with E-state index < -0.39 is 13.9 Å². The zero-order valence-corrected chi connectivity index (χ0v) is 18.9. The molecule has 4 aromatic rings. The number of hydrogen-bond acceptors (Lipinski definition) is 3. The van der Waals surface area contributed by atoms with Crippen molar-refractivity contribution in [3.63, 3.8) is 0 Å². The summed E-state index contributed by atoms with van der Waals surface area (Å²) in [5, 5.41) is 12.4. The molecule has 0 aliphatic rings. The smallest absolute Gasteiger partial charge is 0.213 e. The molecule has 4 rings (SSSR count). The number of hydrogen-bond donors (Lipinski definition) is 1. The molecule has 0 aliphatic carbocycles. The second-order valence-electron chi connectivity index (χ2n) is 7.59. The van der Waals surface area contributed by atoms with E-state index in [4.69, 9.17) is 10.1 Å². The van der Waals surface area contributed by atoms with Crippen molar-refractivity contribution >= 4 is 29.5 Å². The third kappa shape index (κ3) is 4.92. The SMILES string of the molecule is CC(C)Oc1ccc(P(c2ccccc2)c2ccccc2)c(C(=N)c2ccnc(F)c2)c1. The molecule has 0 spiro atoms. The van der Waals surface area contributed by atoms with E-state index in [9.17, 15) is 4.39 Å². The molecule has 160 valence electrons. The zero-order valence-electron chi connectivity index (χ0n) is 18.0. The average Bonchev–Trinajstić information content (AvgIpc) is 2.81. The van der Waals surface area contributed by atoms with Crippen molar-refractivity contribution in [3.05, 3.63) is 114 Å². The second-order valence-corrected chi connectivity index (χ2v) is 9.78. The summed E-state index contributed by atoms with van der Waals surface area (Å²) in [7, 11) is -0.936. The molecule has 32 heavy (non-hydrogen) atoms. The highest BCUT2D eigenvalue weighted by Gasteiger charge is 2.23. The van der Waals surface area contributed by atoms with E-state index >= 15 is 0 Å².